The molecule has 1 aromatic rings. The van der Waals surface area contributed by atoms with Crippen LogP contribution in [0.1, 0.15) is 26.1 Å². The molecule has 0 spiro atoms. The number of carbonyl (C=O) groups excluding carboxylic acids is 1. The van der Waals surface area contributed by atoms with Gasteiger partial charge < -0.3 is 11.1 Å². The van der Waals surface area contributed by atoms with Crippen molar-refractivity contribution < 1.29 is 4.79 Å². The van der Waals surface area contributed by atoms with Crippen LogP contribution in [0.3, 0.4) is 0 Å². The quantitative estimate of drug-likeness (QED) is 0.727. The van der Waals surface area contributed by atoms with Gasteiger partial charge in [-0.2, -0.15) is 5.10 Å². The van der Waals surface area contributed by atoms with Gasteiger partial charge in [0.05, 0.1) is 12.6 Å². The smallest absolute Gasteiger partial charge is 0.237 e. The predicted octanol–water partition coefficient (Wildman–Crippen LogP) is -0.195. The van der Waals surface area contributed by atoms with Crippen LogP contribution in [0.4, 0.5) is 0 Å². The molecule has 1 atom stereocenters. The van der Waals surface area contributed by atoms with Crippen molar-refractivity contribution in [2.45, 2.75) is 32.9 Å². The van der Waals surface area contributed by atoms with Gasteiger partial charge in [-0.15, -0.1) is 0 Å². The maximum absolute atomic E-state index is 11.6. The summed E-state index contributed by atoms with van der Waals surface area (Å²) in [5.74, 6) is 0.850. The Morgan fingerprint density at radius 2 is 2.31 bits per heavy atom. The van der Waals surface area contributed by atoms with Gasteiger partial charge in [0.2, 0.25) is 5.91 Å². The van der Waals surface area contributed by atoms with E-state index in [1.165, 1.54) is 0 Å². The number of nitrogens with one attached hydrogen (secondary N) is 1. The summed E-state index contributed by atoms with van der Waals surface area (Å²) < 4.78 is 1.59. The van der Waals surface area contributed by atoms with Crippen molar-refractivity contribution in [1.29, 1.82) is 0 Å². The first-order valence-corrected chi connectivity index (χ1v) is 5.37. The highest BCUT2D eigenvalue weighted by Gasteiger charge is 2.14. The van der Waals surface area contributed by atoms with Gasteiger partial charge >= 0.3 is 0 Å². The van der Waals surface area contributed by atoms with Gasteiger partial charge in [-0.25, -0.2) is 4.98 Å². The minimum atomic E-state index is -0.455. The Bertz CT molecular complexity index is 347. The Hall–Kier alpha value is -1.43. The first-order valence-electron chi connectivity index (χ1n) is 5.37. The summed E-state index contributed by atoms with van der Waals surface area (Å²) in [6.07, 6.45) is 2.27. The molecule has 6 heteroatoms. The lowest BCUT2D eigenvalue weighted by Crippen LogP contribution is -2.41. The van der Waals surface area contributed by atoms with Crippen LogP contribution in [0.2, 0.25) is 0 Å². The Balaban J connectivity index is 2.35. The average Bonchev–Trinajstić information content (AvgIpc) is 2.59. The molecule has 0 bridgehead atoms. The van der Waals surface area contributed by atoms with E-state index in [0.29, 0.717) is 24.7 Å². The molecule has 0 saturated heterocycles. The fourth-order valence-corrected chi connectivity index (χ4v) is 1.38. The van der Waals surface area contributed by atoms with Gasteiger partial charge in [-0.1, -0.05) is 13.8 Å². The van der Waals surface area contributed by atoms with Gasteiger partial charge in [-0.3, -0.25) is 9.48 Å². The fourth-order valence-electron chi connectivity index (χ4n) is 1.38. The standard InChI is InChI=1S/C10H19N5O/c1-7(2)4-8(11)10(16)12-5-9-13-6-15(3)14-9/h6-8H,4-5,11H2,1-3H3,(H,12,16)/t8-/m0/s1. The molecular weight excluding hydrogens is 206 g/mol. The van der Waals surface area contributed by atoms with E-state index in [-0.39, 0.29) is 5.91 Å². The van der Waals surface area contributed by atoms with Crippen molar-refractivity contribution >= 4 is 5.91 Å². The van der Waals surface area contributed by atoms with Crippen molar-refractivity contribution in [1.82, 2.24) is 20.1 Å². The number of aromatic nitrogens is 3. The van der Waals surface area contributed by atoms with E-state index in [2.05, 4.69) is 15.4 Å². The topological polar surface area (TPSA) is 85.8 Å². The Morgan fingerprint density at radius 3 is 2.81 bits per heavy atom. The van der Waals surface area contributed by atoms with Crippen molar-refractivity contribution in [3.05, 3.63) is 12.2 Å². The summed E-state index contributed by atoms with van der Waals surface area (Å²) in [6.45, 7) is 4.40. The summed E-state index contributed by atoms with van der Waals surface area (Å²) >= 11 is 0. The highest BCUT2D eigenvalue weighted by molar-refractivity contribution is 5.81. The summed E-state index contributed by atoms with van der Waals surface area (Å²) in [4.78, 5) is 15.6. The molecule has 1 amide bonds. The van der Waals surface area contributed by atoms with Crippen molar-refractivity contribution in [3.8, 4) is 0 Å². The highest BCUT2D eigenvalue weighted by atomic mass is 16.2. The zero-order chi connectivity index (χ0) is 12.1. The van der Waals surface area contributed by atoms with Crippen LogP contribution in [-0.4, -0.2) is 26.7 Å². The van der Waals surface area contributed by atoms with Gasteiger partial charge in [0, 0.05) is 7.05 Å². The van der Waals surface area contributed by atoms with Crippen LogP contribution in [0.15, 0.2) is 6.33 Å². The Morgan fingerprint density at radius 1 is 1.62 bits per heavy atom. The van der Waals surface area contributed by atoms with Crippen LogP contribution < -0.4 is 11.1 Å². The molecule has 16 heavy (non-hydrogen) atoms. The van der Waals surface area contributed by atoms with Crippen molar-refractivity contribution in [2.75, 3.05) is 0 Å². The van der Waals surface area contributed by atoms with Crippen LogP contribution >= 0.6 is 0 Å². The van der Waals surface area contributed by atoms with E-state index in [4.69, 9.17) is 5.73 Å². The van der Waals surface area contributed by atoms with Gasteiger partial charge in [0.25, 0.3) is 0 Å². The number of nitrogens with zero attached hydrogens (tertiary/aromatic N) is 3. The summed E-state index contributed by atoms with van der Waals surface area (Å²) in [6, 6.07) is -0.455. The predicted molar refractivity (Wildman–Crippen MR) is 60.3 cm³/mol. The molecule has 0 aliphatic heterocycles. The van der Waals surface area contributed by atoms with Crippen LogP contribution in [-0.2, 0) is 18.4 Å². The molecule has 0 fully saturated rings. The van der Waals surface area contributed by atoms with Gasteiger partial charge in [-0.05, 0) is 12.3 Å². The monoisotopic (exact) mass is 225 g/mol. The highest BCUT2D eigenvalue weighted by Crippen LogP contribution is 2.02. The van der Waals surface area contributed by atoms with E-state index < -0.39 is 6.04 Å². The number of amides is 1. The number of carbonyl (C=O) groups is 1. The molecule has 0 saturated carbocycles. The van der Waals surface area contributed by atoms with Gasteiger partial charge in [0.15, 0.2) is 5.82 Å². The second-order valence-electron chi connectivity index (χ2n) is 4.29. The molecule has 3 N–H and O–H groups in total. The van der Waals surface area contributed by atoms with Crippen LogP contribution in [0.25, 0.3) is 0 Å². The molecule has 90 valence electrons. The number of aryl methyl sites for hydroxylation is 1. The molecular formula is C10H19N5O. The zero-order valence-corrected chi connectivity index (χ0v) is 9.97. The summed E-state index contributed by atoms with van der Waals surface area (Å²) in [5.41, 5.74) is 5.73. The Kier molecular flexibility index (Phi) is 4.42. The maximum atomic E-state index is 11.6. The maximum Gasteiger partial charge on any atom is 0.237 e. The average molecular weight is 225 g/mol. The van der Waals surface area contributed by atoms with E-state index in [1.807, 2.05) is 13.8 Å². The molecule has 0 radical (unpaired) electrons. The fraction of sp³-hybridized carbons (Fsp3) is 0.700. The molecule has 1 aromatic heterocycles. The lowest BCUT2D eigenvalue weighted by molar-refractivity contribution is -0.122. The van der Waals surface area contributed by atoms with Crippen molar-refractivity contribution in [3.63, 3.8) is 0 Å². The summed E-state index contributed by atoms with van der Waals surface area (Å²) in [7, 11) is 1.78. The normalized spacial score (nSPS) is 12.8. The molecule has 1 heterocycles. The largest absolute Gasteiger partial charge is 0.347 e. The third kappa shape index (κ3) is 3.98. The van der Waals surface area contributed by atoms with E-state index in [9.17, 15) is 4.79 Å². The van der Waals surface area contributed by atoms with E-state index in [1.54, 1.807) is 18.1 Å². The minimum absolute atomic E-state index is 0.152. The minimum Gasteiger partial charge on any atom is -0.347 e. The lowest BCUT2D eigenvalue weighted by atomic mass is 10.0. The molecule has 0 aliphatic carbocycles. The second-order valence-corrected chi connectivity index (χ2v) is 4.29. The molecule has 0 unspecified atom stereocenters. The van der Waals surface area contributed by atoms with Crippen LogP contribution in [0, 0.1) is 5.92 Å². The number of nitrogens with two attached hydrogens (primary N) is 1. The molecule has 6 nitrogen and oxygen atoms in total. The summed E-state index contributed by atoms with van der Waals surface area (Å²) in [5, 5.41) is 6.77. The second kappa shape index (κ2) is 5.60. The third-order valence-corrected chi connectivity index (χ3v) is 2.13. The molecule has 0 aromatic carbocycles. The molecule has 1 rings (SSSR count). The molecule has 0 aliphatic rings. The third-order valence-electron chi connectivity index (χ3n) is 2.13. The number of hydrogen-bond acceptors (Lipinski definition) is 4. The number of rotatable bonds is 5. The Labute approximate surface area is 95.2 Å². The van der Waals surface area contributed by atoms with E-state index in [0.717, 1.165) is 0 Å². The zero-order valence-electron chi connectivity index (χ0n) is 9.97. The van der Waals surface area contributed by atoms with Gasteiger partial charge in [0.1, 0.15) is 6.33 Å². The number of hydrogen-bond donors (Lipinski definition) is 2. The van der Waals surface area contributed by atoms with Crippen LogP contribution in [0.5, 0.6) is 0 Å². The first kappa shape index (κ1) is 12.6. The lowest BCUT2D eigenvalue weighted by Gasteiger charge is -2.13. The SMILES string of the molecule is CC(C)C[C@H](N)C(=O)NCc1ncn(C)n1. The van der Waals surface area contributed by atoms with E-state index >= 15 is 0 Å². The van der Waals surface area contributed by atoms with Crippen molar-refractivity contribution in [2.24, 2.45) is 18.7 Å². The first-order chi connectivity index (χ1) is 7.49.